The van der Waals surface area contributed by atoms with Crippen molar-refractivity contribution in [3.05, 3.63) is 0 Å². The van der Waals surface area contributed by atoms with Gasteiger partial charge in [-0.2, -0.15) is 0 Å². The summed E-state index contributed by atoms with van der Waals surface area (Å²) in [6.07, 6.45) is 1.02. The van der Waals surface area contributed by atoms with Crippen LogP contribution < -0.4 is 5.73 Å². The summed E-state index contributed by atoms with van der Waals surface area (Å²) in [6.45, 7) is 3.58. The normalized spacial score (nSPS) is 30.3. The van der Waals surface area contributed by atoms with E-state index in [0.717, 1.165) is 0 Å². The Bertz CT molecular complexity index is 365. The highest BCUT2D eigenvalue weighted by Gasteiger charge is 2.46. The molecular formula is C10H19NO4S. The number of carbonyl (C=O) groups excluding carboxylic acids is 1. The average molecular weight is 249 g/mol. The lowest BCUT2D eigenvalue weighted by Crippen LogP contribution is -2.47. The largest absolute Gasteiger partial charge is 0.465 e. The van der Waals surface area contributed by atoms with Crippen LogP contribution in [0, 0.1) is 0 Å². The molecule has 2 N–H and O–H groups in total. The van der Waals surface area contributed by atoms with E-state index in [2.05, 4.69) is 0 Å². The van der Waals surface area contributed by atoms with E-state index in [1.54, 1.807) is 13.8 Å². The van der Waals surface area contributed by atoms with E-state index in [4.69, 9.17) is 10.5 Å². The number of ether oxygens (including phenoxy) is 1. The van der Waals surface area contributed by atoms with Gasteiger partial charge in [-0.25, -0.2) is 8.42 Å². The summed E-state index contributed by atoms with van der Waals surface area (Å²) in [5, 5.41) is -0.494. The third-order valence-electron chi connectivity index (χ3n) is 3.10. The van der Waals surface area contributed by atoms with E-state index in [-0.39, 0.29) is 18.8 Å². The Morgan fingerprint density at radius 2 is 2.12 bits per heavy atom. The molecule has 16 heavy (non-hydrogen) atoms. The summed E-state index contributed by atoms with van der Waals surface area (Å²) in [5.74, 6) is -0.389. The summed E-state index contributed by atoms with van der Waals surface area (Å²) in [6, 6.07) is 0. The first-order chi connectivity index (χ1) is 7.35. The van der Waals surface area contributed by atoms with Crippen molar-refractivity contribution < 1.29 is 17.9 Å². The number of hydrogen-bond acceptors (Lipinski definition) is 5. The predicted molar refractivity (Wildman–Crippen MR) is 60.7 cm³/mol. The molecular weight excluding hydrogens is 230 g/mol. The van der Waals surface area contributed by atoms with E-state index in [0.29, 0.717) is 12.8 Å². The second-order valence-electron chi connectivity index (χ2n) is 4.19. The Kier molecular flexibility index (Phi) is 3.96. The third kappa shape index (κ3) is 2.55. The van der Waals surface area contributed by atoms with Crippen molar-refractivity contribution in [1.29, 1.82) is 0 Å². The van der Waals surface area contributed by atoms with Gasteiger partial charge in [0, 0.05) is 5.75 Å². The molecule has 1 aliphatic rings. The first kappa shape index (κ1) is 13.4. The van der Waals surface area contributed by atoms with Gasteiger partial charge in [-0.05, 0) is 26.2 Å². The topological polar surface area (TPSA) is 86.5 Å². The molecule has 1 rings (SSSR count). The molecule has 1 saturated carbocycles. The average Bonchev–Trinajstić information content (AvgIpc) is 2.63. The van der Waals surface area contributed by atoms with E-state index in [1.165, 1.54) is 0 Å². The van der Waals surface area contributed by atoms with Crippen molar-refractivity contribution in [3.63, 3.8) is 0 Å². The van der Waals surface area contributed by atoms with Gasteiger partial charge >= 0.3 is 5.97 Å². The first-order valence-corrected chi connectivity index (χ1v) is 7.25. The molecule has 94 valence electrons. The fourth-order valence-electron chi connectivity index (χ4n) is 2.03. The van der Waals surface area contributed by atoms with Crippen LogP contribution in [0.4, 0.5) is 0 Å². The Hall–Kier alpha value is -0.620. The maximum Gasteiger partial charge on any atom is 0.326 e. The van der Waals surface area contributed by atoms with Gasteiger partial charge in [0.2, 0.25) is 0 Å². The molecule has 0 unspecified atom stereocenters. The van der Waals surface area contributed by atoms with Gasteiger partial charge in [-0.1, -0.05) is 6.92 Å². The molecule has 0 heterocycles. The Balaban J connectivity index is 2.75. The van der Waals surface area contributed by atoms with Crippen molar-refractivity contribution in [3.8, 4) is 0 Å². The SMILES string of the molecule is CCOC(=O)[C@@]1(N)CC[C@@H](S(=O)(=O)CC)C1. The summed E-state index contributed by atoms with van der Waals surface area (Å²) in [7, 11) is -3.11. The van der Waals surface area contributed by atoms with E-state index < -0.39 is 26.6 Å². The van der Waals surface area contributed by atoms with Crippen molar-refractivity contribution in [2.24, 2.45) is 5.73 Å². The smallest absolute Gasteiger partial charge is 0.326 e. The van der Waals surface area contributed by atoms with Gasteiger partial charge in [-0.3, -0.25) is 4.79 Å². The molecule has 0 aromatic carbocycles. The molecule has 0 saturated heterocycles. The van der Waals surface area contributed by atoms with Crippen molar-refractivity contribution in [1.82, 2.24) is 0 Å². The van der Waals surface area contributed by atoms with Gasteiger partial charge in [0.15, 0.2) is 9.84 Å². The number of sulfone groups is 1. The highest BCUT2D eigenvalue weighted by Crippen LogP contribution is 2.33. The van der Waals surface area contributed by atoms with Crippen LogP contribution in [0.5, 0.6) is 0 Å². The van der Waals surface area contributed by atoms with Gasteiger partial charge < -0.3 is 10.5 Å². The minimum atomic E-state index is -3.11. The minimum Gasteiger partial charge on any atom is -0.465 e. The van der Waals surface area contributed by atoms with Crippen LogP contribution in [-0.4, -0.2) is 37.5 Å². The van der Waals surface area contributed by atoms with Crippen molar-refractivity contribution in [2.45, 2.75) is 43.9 Å². The van der Waals surface area contributed by atoms with E-state index in [1.807, 2.05) is 0 Å². The number of rotatable bonds is 4. The monoisotopic (exact) mass is 249 g/mol. The lowest BCUT2D eigenvalue weighted by molar-refractivity contribution is -0.149. The van der Waals surface area contributed by atoms with Gasteiger partial charge in [0.05, 0.1) is 11.9 Å². The zero-order valence-corrected chi connectivity index (χ0v) is 10.5. The van der Waals surface area contributed by atoms with Crippen molar-refractivity contribution in [2.75, 3.05) is 12.4 Å². The maximum absolute atomic E-state index is 11.7. The summed E-state index contributed by atoms with van der Waals surface area (Å²) < 4.78 is 28.2. The Morgan fingerprint density at radius 1 is 1.50 bits per heavy atom. The first-order valence-electron chi connectivity index (χ1n) is 5.53. The van der Waals surface area contributed by atoms with Crippen LogP contribution in [0.15, 0.2) is 0 Å². The quantitative estimate of drug-likeness (QED) is 0.721. The summed E-state index contributed by atoms with van der Waals surface area (Å²) in [5.41, 5.74) is 4.78. The Morgan fingerprint density at radius 3 is 2.62 bits per heavy atom. The molecule has 6 heteroatoms. The third-order valence-corrected chi connectivity index (χ3v) is 5.32. The zero-order valence-electron chi connectivity index (χ0n) is 9.73. The van der Waals surface area contributed by atoms with Gasteiger partial charge in [0.25, 0.3) is 0 Å². The summed E-state index contributed by atoms with van der Waals surface area (Å²) >= 11 is 0. The molecule has 0 amide bonds. The molecule has 1 aliphatic carbocycles. The molecule has 0 spiro atoms. The van der Waals surface area contributed by atoms with E-state index >= 15 is 0 Å². The number of carbonyl (C=O) groups is 1. The maximum atomic E-state index is 11.7. The number of hydrogen-bond donors (Lipinski definition) is 1. The molecule has 1 fully saturated rings. The second kappa shape index (κ2) is 4.71. The standard InChI is InChI=1S/C10H19NO4S/c1-3-15-9(12)10(11)6-5-8(7-10)16(13,14)4-2/h8H,3-7,11H2,1-2H3/t8-,10-/m1/s1. The van der Waals surface area contributed by atoms with Crippen LogP contribution in [-0.2, 0) is 19.4 Å². The van der Waals surface area contributed by atoms with Gasteiger partial charge in [0.1, 0.15) is 5.54 Å². The van der Waals surface area contributed by atoms with E-state index in [9.17, 15) is 13.2 Å². The molecule has 0 aromatic heterocycles. The lowest BCUT2D eigenvalue weighted by Gasteiger charge is -2.21. The molecule has 0 bridgehead atoms. The Labute approximate surface area is 96.3 Å². The number of nitrogens with two attached hydrogens (primary N) is 1. The molecule has 0 aromatic rings. The molecule has 0 aliphatic heterocycles. The van der Waals surface area contributed by atoms with Crippen molar-refractivity contribution >= 4 is 15.8 Å². The predicted octanol–water partition coefficient (Wildman–Crippen LogP) is 0.234. The number of esters is 1. The van der Waals surface area contributed by atoms with Crippen LogP contribution in [0.25, 0.3) is 0 Å². The summed E-state index contributed by atoms with van der Waals surface area (Å²) in [4.78, 5) is 11.6. The highest BCUT2D eigenvalue weighted by molar-refractivity contribution is 7.92. The van der Waals surface area contributed by atoms with Crippen LogP contribution in [0.3, 0.4) is 0 Å². The molecule has 2 atom stereocenters. The lowest BCUT2D eigenvalue weighted by atomic mass is 10.00. The minimum absolute atomic E-state index is 0.0938. The van der Waals surface area contributed by atoms with Crippen LogP contribution in [0.2, 0.25) is 0 Å². The van der Waals surface area contributed by atoms with Crippen LogP contribution in [0.1, 0.15) is 33.1 Å². The molecule has 5 nitrogen and oxygen atoms in total. The fourth-order valence-corrected chi connectivity index (χ4v) is 3.53. The van der Waals surface area contributed by atoms with Gasteiger partial charge in [-0.15, -0.1) is 0 Å². The fraction of sp³-hybridized carbons (Fsp3) is 0.900. The highest BCUT2D eigenvalue weighted by atomic mass is 32.2. The molecule has 0 radical (unpaired) electrons. The second-order valence-corrected chi connectivity index (χ2v) is 6.76. The van der Waals surface area contributed by atoms with Crippen LogP contribution >= 0.6 is 0 Å². The zero-order chi connectivity index (χ0) is 12.4.